The molecule has 8 nitrogen and oxygen atoms in total. The van der Waals surface area contributed by atoms with Crippen molar-refractivity contribution in [1.29, 1.82) is 0 Å². The van der Waals surface area contributed by atoms with E-state index in [-0.39, 0.29) is 12.3 Å². The molecule has 1 unspecified atom stereocenters. The van der Waals surface area contributed by atoms with E-state index in [1.54, 1.807) is 25.4 Å². The number of rotatable bonds is 10. The molecular weight excluding hydrogens is 408 g/mol. The molecule has 32 heavy (non-hydrogen) atoms. The number of pyridine rings is 2. The van der Waals surface area contributed by atoms with Crippen LogP contribution in [0, 0.1) is 0 Å². The number of aliphatic carboxylic acids is 1. The maximum atomic E-state index is 12.8. The number of hydrogen-bond donors (Lipinski definition) is 2. The van der Waals surface area contributed by atoms with Crippen molar-refractivity contribution in [3.05, 3.63) is 59.9 Å². The summed E-state index contributed by atoms with van der Waals surface area (Å²) in [5, 5.41) is 11.4. The van der Waals surface area contributed by atoms with Gasteiger partial charge in [0.25, 0.3) is 0 Å². The average molecular weight is 437 g/mol. The lowest BCUT2D eigenvalue weighted by Gasteiger charge is -2.27. The minimum absolute atomic E-state index is 0.113. The second-order valence-electron chi connectivity index (χ2n) is 7.67. The third-order valence-electron chi connectivity index (χ3n) is 5.48. The number of aryl methyl sites for hydroxylation is 1. The van der Waals surface area contributed by atoms with E-state index in [1.807, 2.05) is 30.3 Å². The normalized spacial score (nSPS) is 11.8. The Morgan fingerprint density at radius 3 is 2.66 bits per heavy atom. The van der Waals surface area contributed by atoms with Crippen LogP contribution in [0.5, 0.6) is 5.88 Å². The summed E-state index contributed by atoms with van der Waals surface area (Å²) in [7, 11) is 3.14. The number of methoxy groups -OCH3 is 1. The molecule has 0 fully saturated rings. The summed E-state index contributed by atoms with van der Waals surface area (Å²) in [4.78, 5) is 34.3. The second kappa shape index (κ2) is 10.6. The SMILES string of the molecule is COc1ccc(C(CC(=O)O)N(C)C(=O)CCCCc2nc(N)cc3ccccc23)cn1. The van der Waals surface area contributed by atoms with Crippen LogP contribution in [0.4, 0.5) is 5.82 Å². The van der Waals surface area contributed by atoms with Crippen molar-refractivity contribution in [3.63, 3.8) is 0 Å². The van der Waals surface area contributed by atoms with Crippen LogP contribution < -0.4 is 10.5 Å². The summed E-state index contributed by atoms with van der Waals surface area (Å²) in [6.45, 7) is 0. The second-order valence-corrected chi connectivity index (χ2v) is 7.67. The first kappa shape index (κ1) is 23.0. The molecule has 0 aliphatic heterocycles. The Balaban J connectivity index is 1.61. The van der Waals surface area contributed by atoms with Gasteiger partial charge in [-0.3, -0.25) is 9.59 Å². The minimum atomic E-state index is -0.981. The minimum Gasteiger partial charge on any atom is -0.481 e. The van der Waals surface area contributed by atoms with Crippen molar-refractivity contribution in [2.24, 2.45) is 0 Å². The number of nitrogens with zero attached hydrogens (tertiary/aromatic N) is 3. The van der Waals surface area contributed by atoms with Gasteiger partial charge in [0.05, 0.1) is 25.3 Å². The highest BCUT2D eigenvalue weighted by molar-refractivity contribution is 5.86. The molecule has 8 heteroatoms. The van der Waals surface area contributed by atoms with E-state index < -0.39 is 12.0 Å². The highest BCUT2D eigenvalue weighted by Gasteiger charge is 2.24. The van der Waals surface area contributed by atoms with Gasteiger partial charge in [-0.2, -0.15) is 0 Å². The number of ether oxygens (including phenoxy) is 1. The maximum Gasteiger partial charge on any atom is 0.305 e. The number of fused-ring (bicyclic) bond motifs is 1. The van der Waals surface area contributed by atoms with Gasteiger partial charge < -0.3 is 20.5 Å². The molecule has 0 radical (unpaired) electrons. The van der Waals surface area contributed by atoms with E-state index in [0.29, 0.717) is 36.5 Å². The van der Waals surface area contributed by atoms with Crippen molar-refractivity contribution < 1.29 is 19.4 Å². The molecule has 0 saturated carbocycles. The van der Waals surface area contributed by atoms with Gasteiger partial charge in [-0.25, -0.2) is 9.97 Å². The van der Waals surface area contributed by atoms with Crippen LogP contribution in [0.3, 0.4) is 0 Å². The van der Waals surface area contributed by atoms with E-state index in [2.05, 4.69) is 9.97 Å². The van der Waals surface area contributed by atoms with Gasteiger partial charge in [0.15, 0.2) is 0 Å². The molecule has 1 amide bonds. The van der Waals surface area contributed by atoms with Gasteiger partial charge in [-0.1, -0.05) is 30.3 Å². The van der Waals surface area contributed by atoms with E-state index >= 15 is 0 Å². The topological polar surface area (TPSA) is 119 Å². The summed E-state index contributed by atoms with van der Waals surface area (Å²) in [6, 6.07) is 12.6. The molecule has 3 aromatic rings. The first-order valence-corrected chi connectivity index (χ1v) is 10.5. The molecule has 3 N–H and O–H groups in total. The molecule has 2 aromatic heterocycles. The Bertz CT molecular complexity index is 1090. The highest BCUT2D eigenvalue weighted by atomic mass is 16.5. The summed E-state index contributed by atoms with van der Waals surface area (Å²) in [5.74, 6) is -0.179. The number of carbonyl (C=O) groups excluding carboxylic acids is 1. The smallest absolute Gasteiger partial charge is 0.305 e. The largest absolute Gasteiger partial charge is 0.481 e. The van der Waals surface area contributed by atoms with Crippen molar-refractivity contribution in [1.82, 2.24) is 14.9 Å². The zero-order valence-corrected chi connectivity index (χ0v) is 18.3. The van der Waals surface area contributed by atoms with Gasteiger partial charge in [0, 0.05) is 31.1 Å². The highest BCUT2D eigenvalue weighted by Crippen LogP contribution is 2.25. The first-order chi connectivity index (χ1) is 15.4. The predicted molar refractivity (Wildman–Crippen MR) is 122 cm³/mol. The number of nitrogen functional groups attached to an aromatic ring is 1. The Morgan fingerprint density at radius 1 is 1.19 bits per heavy atom. The van der Waals surface area contributed by atoms with Gasteiger partial charge >= 0.3 is 5.97 Å². The Kier molecular flexibility index (Phi) is 7.59. The van der Waals surface area contributed by atoms with E-state index in [1.165, 1.54) is 12.0 Å². The van der Waals surface area contributed by atoms with Crippen LogP contribution in [0.2, 0.25) is 0 Å². The zero-order chi connectivity index (χ0) is 23.1. The number of carboxylic acids is 1. The molecule has 2 heterocycles. The van der Waals surface area contributed by atoms with Gasteiger partial charge in [0.1, 0.15) is 5.82 Å². The number of carbonyl (C=O) groups is 2. The Labute approximate surface area is 187 Å². The van der Waals surface area contributed by atoms with Gasteiger partial charge in [0.2, 0.25) is 11.8 Å². The summed E-state index contributed by atoms with van der Waals surface area (Å²) in [6.07, 6.45) is 3.81. The third-order valence-corrected chi connectivity index (χ3v) is 5.48. The average Bonchev–Trinajstić information content (AvgIpc) is 2.79. The van der Waals surface area contributed by atoms with E-state index in [4.69, 9.17) is 10.5 Å². The molecule has 0 aliphatic carbocycles. The van der Waals surface area contributed by atoms with Crippen LogP contribution in [0.25, 0.3) is 10.8 Å². The fraction of sp³-hybridized carbons (Fsp3) is 0.333. The van der Waals surface area contributed by atoms with Crippen molar-refractivity contribution >= 4 is 28.5 Å². The molecule has 0 spiro atoms. The molecule has 1 aromatic carbocycles. The lowest BCUT2D eigenvalue weighted by atomic mass is 10.0. The third kappa shape index (κ3) is 5.72. The van der Waals surface area contributed by atoms with Gasteiger partial charge in [-0.15, -0.1) is 0 Å². The van der Waals surface area contributed by atoms with Crippen LogP contribution in [-0.2, 0) is 16.0 Å². The number of unbranched alkanes of at least 4 members (excludes halogenated alkanes) is 1. The predicted octanol–water partition coefficient (Wildman–Crippen LogP) is 3.61. The lowest BCUT2D eigenvalue weighted by Crippen LogP contribution is -2.32. The van der Waals surface area contributed by atoms with Crippen molar-refractivity contribution in [2.75, 3.05) is 19.9 Å². The lowest BCUT2D eigenvalue weighted by molar-refractivity contribution is -0.140. The van der Waals surface area contributed by atoms with E-state index in [0.717, 1.165) is 22.9 Å². The van der Waals surface area contributed by atoms with Crippen LogP contribution >= 0.6 is 0 Å². The van der Waals surface area contributed by atoms with Gasteiger partial charge in [-0.05, 0) is 36.3 Å². The number of amides is 1. The summed E-state index contributed by atoms with van der Waals surface area (Å²) >= 11 is 0. The summed E-state index contributed by atoms with van der Waals surface area (Å²) in [5.41, 5.74) is 7.51. The Morgan fingerprint density at radius 2 is 1.97 bits per heavy atom. The number of anilines is 1. The molecule has 0 saturated heterocycles. The molecule has 168 valence electrons. The quantitative estimate of drug-likeness (QED) is 0.466. The fourth-order valence-corrected chi connectivity index (χ4v) is 3.76. The van der Waals surface area contributed by atoms with E-state index in [9.17, 15) is 14.7 Å². The monoisotopic (exact) mass is 436 g/mol. The van der Waals surface area contributed by atoms with Crippen molar-refractivity contribution in [3.8, 4) is 5.88 Å². The number of carboxylic acid groups (broad SMARTS) is 1. The number of benzene rings is 1. The molecule has 0 aliphatic rings. The van der Waals surface area contributed by atoms with Crippen LogP contribution in [0.15, 0.2) is 48.7 Å². The first-order valence-electron chi connectivity index (χ1n) is 10.5. The molecular formula is C24H28N4O4. The molecule has 1 atom stereocenters. The standard InChI is InChI=1S/C24H28N4O4/c1-28(20(14-24(30)31)17-11-12-22(32-2)26-15-17)23(29)10-6-5-9-19-18-8-4-3-7-16(18)13-21(25)27-19/h3-4,7-8,11-13,15,20H,5-6,9-10,14H2,1-2H3,(H2,25,27)(H,30,31). The fourth-order valence-electron chi connectivity index (χ4n) is 3.76. The zero-order valence-electron chi connectivity index (χ0n) is 18.3. The van der Waals surface area contributed by atoms with Crippen LogP contribution in [-0.4, -0.2) is 46.0 Å². The number of aromatic nitrogens is 2. The molecule has 3 rings (SSSR count). The number of hydrogen-bond acceptors (Lipinski definition) is 6. The maximum absolute atomic E-state index is 12.8. The number of nitrogens with two attached hydrogens (primary N) is 1. The summed E-state index contributed by atoms with van der Waals surface area (Å²) < 4.78 is 5.05. The van der Waals surface area contributed by atoms with Crippen molar-refractivity contribution in [2.45, 2.75) is 38.1 Å². The van der Waals surface area contributed by atoms with Crippen LogP contribution in [0.1, 0.15) is 43.0 Å². The Hall–Kier alpha value is -3.68. The molecule has 0 bridgehead atoms.